The fourth-order valence-corrected chi connectivity index (χ4v) is 7.30. The number of alkyl halides is 1. The first-order valence-corrected chi connectivity index (χ1v) is 10.2. The van der Waals surface area contributed by atoms with Crippen LogP contribution in [0, 0.1) is 28.6 Å². The molecule has 4 rings (SSSR count). The van der Waals surface area contributed by atoms with E-state index in [1.165, 1.54) is 18.2 Å². The van der Waals surface area contributed by atoms with Crippen LogP contribution < -0.4 is 0 Å². The van der Waals surface area contributed by atoms with Crippen LogP contribution >= 0.6 is 0 Å². The molecule has 0 heterocycles. The lowest BCUT2D eigenvalue weighted by Crippen LogP contribution is -2.72. The molecule has 3 unspecified atom stereocenters. The summed E-state index contributed by atoms with van der Waals surface area (Å²) < 4.78 is 15.3. The molecule has 0 aromatic carbocycles. The van der Waals surface area contributed by atoms with Gasteiger partial charge < -0.3 is 20.4 Å². The Balaban J connectivity index is 1.87. The highest BCUT2D eigenvalue weighted by molar-refractivity contribution is 6.01. The average molecular weight is 408 g/mol. The Kier molecular flexibility index (Phi) is 4.36. The molecule has 0 aromatic rings. The van der Waals surface area contributed by atoms with Crippen LogP contribution in [0.15, 0.2) is 23.8 Å². The van der Waals surface area contributed by atoms with Gasteiger partial charge in [-0.15, -0.1) is 0 Å². The first-order chi connectivity index (χ1) is 13.4. The Bertz CT molecular complexity index is 837. The molecule has 0 amide bonds. The van der Waals surface area contributed by atoms with Gasteiger partial charge in [-0.1, -0.05) is 19.9 Å². The molecule has 0 aromatic heterocycles. The maximum atomic E-state index is 15.3. The number of aliphatic hydroxyl groups is 4. The summed E-state index contributed by atoms with van der Waals surface area (Å²) in [6.07, 6.45) is 1.34. The third-order valence-electron chi connectivity index (χ3n) is 8.86. The van der Waals surface area contributed by atoms with Crippen molar-refractivity contribution in [1.82, 2.24) is 0 Å². The van der Waals surface area contributed by atoms with E-state index in [1.807, 2.05) is 0 Å². The molecule has 0 spiro atoms. The Hall–Kier alpha value is -1.41. The summed E-state index contributed by atoms with van der Waals surface area (Å²) in [5.41, 5.74) is -5.83. The van der Waals surface area contributed by atoms with E-state index in [0.29, 0.717) is 6.42 Å². The lowest BCUT2D eigenvalue weighted by atomic mass is 9.43. The lowest BCUT2D eigenvalue weighted by Gasteiger charge is -2.64. The number of Topliss-reactive ketones (excluding diaryl/α,β-unsaturated/α-hetero) is 1. The van der Waals surface area contributed by atoms with E-state index in [0.717, 1.165) is 0 Å². The summed E-state index contributed by atoms with van der Waals surface area (Å²) in [6.45, 7) is 4.22. The molecule has 0 aliphatic heterocycles. The zero-order valence-corrected chi connectivity index (χ0v) is 16.9. The summed E-state index contributed by atoms with van der Waals surface area (Å²) in [6, 6.07) is 0. The number of fused-ring (bicyclic) bond motifs is 5. The van der Waals surface area contributed by atoms with Crippen molar-refractivity contribution < 1.29 is 34.4 Å². The highest BCUT2D eigenvalue weighted by Gasteiger charge is 2.75. The molecule has 7 heteroatoms. The van der Waals surface area contributed by atoms with Crippen LogP contribution in [0.25, 0.3) is 0 Å². The number of carbonyl (C=O) groups excluding carboxylic acids is 2. The van der Waals surface area contributed by atoms with Crippen molar-refractivity contribution >= 4 is 11.6 Å². The summed E-state index contributed by atoms with van der Waals surface area (Å²) in [4.78, 5) is 24.4. The van der Waals surface area contributed by atoms with Crippen LogP contribution in [0.5, 0.6) is 0 Å². The van der Waals surface area contributed by atoms with E-state index in [9.17, 15) is 30.0 Å². The van der Waals surface area contributed by atoms with Crippen LogP contribution in [0.3, 0.4) is 0 Å². The van der Waals surface area contributed by atoms with Crippen LogP contribution in [0.4, 0.5) is 4.39 Å². The number of carbonyl (C=O) groups is 2. The van der Waals surface area contributed by atoms with Crippen LogP contribution in [-0.4, -0.2) is 62.1 Å². The number of ketones is 2. The molecule has 160 valence electrons. The highest BCUT2D eigenvalue weighted by atomic mass is 19.1. The van der Waals surface area contributed by atoms with Gasteiger partial charge in [0.05, 0.1) is 6.10 Å². The first-order valence-electron chi connectivity index (χ1n) is 10.2. The van der Waals surface area contributed by atoms with Crippen molar-refractivity contribution in [3.05, 3.63) is 23.8 Å². The molecule has 4 aliphatic rings. The molecule has 0 bridgehead atoms. The Labute approximate surface area is 169 Å². The van der Waals surface area contributed by atoms with Crippen molar-refractivity contribution in [3.8, 4) is 0 Å². The predicted octanol–water partition coefficient (Wildman–Crippen LogP) is 0.866. The standard InChI is InChI=1S/C22H29FO6/c1-11-6-13-14-8-16(23)15-7-12(25)4-5-19(15,2)22(14,29)17(26)9-20(13,3)21(11,28)18(27)10-24/h4-5,7,11,13-14,16-17,24,26,28-29H,6,8-10H2,1-3H3/t11?,13-,14-,16?,17?,19-,20-,21-,22-/m0/s1. The van der Waals surface area contributed by atoms with Crippen molar-refractivity contribution in [2.75, 3.05) is 6.61 Å². The molecule has 9 atom stereocenters. The van der Waals surface area contributed by atoms with E-state index < -0.39 is 64.5 Å². The summed E-state index contributed by atoms with van der Waals surface area (Å²) in [5, 5.41) is 44.0. The minimum absolute atomic E-state index is 0.0706. The van der Waals surface area contributed by atoms with Gasteiger partial charge in [-0.25, -0.2) is 4.39 Å². The summed E-state index contributed by atoms with van der Waals surface area (Å²) in [7, 11) is 0. The molecule has 4 aliphatic carbocycles. The SMILES string of the molecule is CC1C[C@H]2[C@@H]3CC(F)C4=CC(=O)C=C[C@]4(C)[C@@]3(O)C(O)C[C@]2(C)[C@@]1(O)C(=O)CO. The molecule has 4 N–H and O–H groups in total. The Morgan fingerprint density at radius 3 is 2.52 bits per heavy atom. The fourth-order valence-electron chi connectivity index (χ4n) is 7.30. The van der Waals surface area contributed by atoms with Crippen LogP contribution in [0.2, 0.25) is 0 Å². The Morgan fingerprint density at radius 2 is 1.90 bits per heavy atom. The second kappa shape index (κ2) is 6.06. The van der Waals surface area contributed by atoms with Crippen molar-refractivity contribution in [1.29, 1.82) is 0 Å². The van der Waals surface area contributed by atoms with Gasteiger partial charge in [-0.2, -0.15) is 0 Å². The monoisotopic (exact) mass is 408 g/mol. The van der Waals surface area contributed by atoms with Gasteiger partial charge in [-0.3, -0.25) is 9.59 Å². The summed E-state index contributed by atoms with van der Waals surface area (Å²) in [5.74, 6) is -2.74. The van der Waals surface area contributed by atoms with Crippen molar-refractivity contribution in [2.24, 2.45) is 28.6 Å². The number of halogens is 1. The molecule has 3 saturated carbocycles. The largest absolute Gasteiger partial charge is 0.390 e. The van der Waals surface area contributed by atoms with E-state index in [-0.39, 0.29) is 24.2 Å². The number of hydrogen-bond donors (Lipinski definition) is 4. The molecule has 29 heavy (non-hydrogen) atoms. The number of rotatable bonds is 2. The van der Waals surface area contributed by atoms with E-state index in [2.05, 4.69) is 0 Å². The zero-order chi connectivity index (χ0) is 21.6. The minimum Gasteiger partial charge on any atom is -0.390 e. The highest BCUT2D eigenvalue weighted by Crippen LogP contribution is 2.69. The predicted molar refractivity (Wildman–Crippen MR) is 101 cm³/mol. The molecular formula is C22H29FO6. The Morgan fingerprint density at radius 1 is 1.24 bits per heavy atom. The first kappa shape index (κ1) is 20.8. The molecule has 0 saturated heterocycles. The second-order valence-electron chi connectivity index (χ2n) is 9.90. The maximum absolute atomic E-state index is 15.3. The van der Waals surface area contributed by atoms with Crippen molar-refractivity contribution in [2.45, 2.75) is 63.5 Å². The van der Waals surface area contributed by atoms with Gasteiger partial charge in [0.1, 0.15) is 24.0 Å². The smallest absolute Gasteiger partial charge is 0.190 e. The molecule has 3 fully saturated rings. The minimum atomic E-state index is -1.87. The van der Waals surface area contributed by atoms with E-state index >= 15 is 4.39 Å². The topological polar surface area (TPSA) is 115 Å². The summed E-state index contributed by atoms with van der Waals surface area (Å²) >= 11 is 0. The average Bonchev–Trinajstić information content (AvgIpc) is 2.86. The zero-order valence-electron chi connectivity index (χ0n) is 16.9. The van der Waals surface area contributed by atoms with Gasteiger partial charge in [0.25, 0.3) is 0 Å². The van der Waals surface area contributed by atoms with Gasteiger partial charge in [0.15, 0.2) is 11.6 Å². The molecule has 6 nitrogen and oxygen atoms in total. The molecule has 0 radical (unpaired) electrons. The fraction of sp³-hybridized carbons (Fsp3) is 0.727. The third kappa shape index (κ3) is 2.19. The quantitative estimate of drug-likeness (QED) is 0.539. The van der Waals surface area contributed by atoms with Gasteiger partial charge in [-0.05, 0) is 61.7 Å². The number of aliphatic hydroxyl groups excluding tert-OH is 2. The third-order valence-corrected chi connectivity index (χ3v) is 8.86. The number of allylic oxidation sites excluding steroid dienone is 2. The lowest BCUT2D eigenvalue weighted by molar-refractivity contribution is -0.253. The number of hydrogen-bond acceptors (Lipinski definition) is 6. The van der Waals surface area contributed by atoms with Crippen LogP contribution in [0.1, 0.15) is 40.0 Å². The van der Waals surface area contributed by atoms with Gasteiger partial charge in [0, 0.05) is 10.8 Å². The van der Waals surface area contributed by atoms with Gasteiger partial charge >= 0.3 is 0 Å². The van der Waals surface area contributed by atoms with Crippen molar-refractivity contribution in [3.63, 3.8) is 0 Å². The van der Waals surface area contributed by atoms with E-state index in [4.69, 9.17) is 0 Å². The second-order valence-corrected chi connectivity index (χ2v) is 9.90. The normalized spacial score (nSPS) is 53.7. The van der Waals surface area contributed by atoms with Crippen LogP contribution in [-0.2, 0) is 9.59 Å². The molecular weight excluding hydrogens is 379 g/mol. The van der Waals surface area contributed by atoms with Gasteiger partial charge in [0.2, 0.25) is 0 Å². The van der Waals surface area contributed by atoms with E-state index in [1.54, 1.807) is 20.8 Å². The maximum Gasteiger partial charge on any atom is 0.190 e.